The first-order valence-corrected chi connectivity index (χ1v) is 8.48. The SMILES string of the molecule is Cc1ccc(CNS(=O)(=O)c2ccc(F)cc2Br)s1. The molecule has 0 unspecified atom stereocenters. The van der Waals surface area contributed by atoms with Gasteiger partial charge < -0.3 is 0 Å². The minimum absolute atomic E-state index is 0.0298. The van der Waals surface area contributed by atoms with Crippen molar-refractivity contribution in [3.05, 3.63) is 50.4 Å². The van der Waals surface area contributed by atoms with Crippen LogP contribution in [0.3, 0.4) is 0 Å². The lowest BCUT2D eigenvalue weighted by atomic mass is 10.3. The van der Waals surface area contributed by atoms with Gasteiger partial charge in [-0.2, -0.15) is 0 Å². The number of halogens is 2. The Balaban J connectivity index is 2.18. The average Bonchev–Trinajstić information content (AvgIpc) is 2.72. The molecule has 2 rings (SSSR count). The van der Waals surface area contributed by atoms with E-state index < -0.39 is 15.8 Å². The minimum atomic E-state index is -3.65. The normalized spacial score (nSPS) is 11.7. The first kappa shape index (κ1) is 14.6. The maximum atomic E-state index is 12.9. The highest BCUT2D eigenvalue weighted by Gasteiger charge is 2.17. The molecule has 0 amide bonds. The van der Waals surface area contributed by atoms with E-state index in [0.29, 0.717) is 0 Å². The highest BCUT2D eigenvalue weighted by Crippen LogP contribution is 2.23. The Morgan fingerprint density at radius 2 is 2.05 bits per heavy atom. The predicted molar refractivity (Wildman–Crippen MR) is 77.2 cm³/mol. The Morgan fingerprint density at radius 3 is 2.63 bits per heavy atom. The molecule has 2 aromatic rings. The number of nitrogens with one attached hydrogen (secondary N) is 1. The van der Waals surface area contributed by atoms with Gasteiger partial charge in [0.05, 0.1) is 4.90 Å². The van der Waals surface area contributed by atoms with Gasteiger partial charge in [0.2, 0.25) is 10.0 Å². The molecule has 1 heterocycles. The van der Waals surface area contributed by atoms with Crippen LogP contribution in [0.2, 0.25) is 0 Å². The second-order valence-electron chi connectivity index (χ2n) is 3.91. The van der Waals surface area contributed by atoms with Crippen LogP contribution in [0.25, 0.3) is 0 Å². The Morgan fingerprint density at radius 1 is 1.32 bits per heavy atom. The van der Waals surface area contributed by atoms with E-state index in [0.717, 1.165) is 21.9 Å². The van der Waals surface area contributed by atoms with Crippen molar-refractivity contribution in [3.8, 4) is 0 Å². The van der Waals surface area contributed by atoms with Gasteiger partial charge in [-0.1, -0.05) is 0 Å². The number of hydrogen-bond donors (Lipinski definition) is 1. The smallest absolute Gasteiger partial charge is 0.207 e. The van der Waals surface area contributed by atoms with E-state index in [1.165, 1.54) is 17.4 Å². The van der Waals surface area contributed by atoms with Crippen molar-refractivity contribution in [2.24, 2.45) is 0 Å². The molecule has 7 heteroatoms. The van der Waals surface area contributed by atoms with Crippen molar-refractivity contribution in [2.45, 2.75) is 18.4 Å². The Kier molecular flexibility index (Phi) is 4.39. The average molecular weight is 364 g/mol. The quantitative estimate of drug-likeness (QED) is 0.904. The molecular formula is C12H11BrFNO2S2. The fraction of sp³-hybridized carbons (Fsp3) is 0.167. The molecule has 0 bridgehead atoms. The molecule has 1 aromatic carbocycles. The van der Waals surface area contributed by atoms with E-state index in [4.69, 9.17) is 0 Å². The third kappa shape index (κ3) is 3.62. The topological polar surface area (TPSA) is 46.2 Å². The van der Waals surface area contributed by atoms with Gasteiger partial charge in [-0.05, 0) is 53.2 Å². The molecular weight excluding hydrogens is 353 g/mol. The van der Waals surface area contributed by atoms with E-state index in [1.54, 1.807) is 0 Å². The summed E-state index contributed by atoms with van der Waals surface area (Å²) in [5, 5.41) is 0. The first-order chi connectivity index (χ1) is 8.88. The molecule has 0 aliphatic rings. The summed E-state index contributed by atoms with van der Waals surface area (Å²) >= 11 is 4.59. The molecule has 0 atom stereocenters. The van der Waals surface area contributed by atoms with Crippen LogP contribution < -0.4 is 4.72 Å². The monoisotopic (exact) mass is 363 g/mol. The summed E-state index contributed by atoms with van der Waals surface area (Å²) in [7, 11) is -3.65. The summed E-state index contributed by atoms with van der Waals surface area (Å²) in [5.41, 5.74) is 0. The molecule has 19 heavy (non-hydrogen) atoms. The van der Waals surface area contributed by atoms with Crippen LogP contribution in [0.1, 0.15) is 9.75 Å². The molecule has 1 N–H and O–H groups in total. The fourth-order valence-corrected chi connectivity index (χ4v) is 4.49. The summed E-state index contributed by atoms with van der Waals surface area (Å²) in [6, 6.07) is 7.30. The van der Waals surface area contributed by atoms with Gasteiger partial charge in [0, 0.05) is 20.8 Å². The lowest BCUT2D eigenvalue weighted by Gasteiger charge is -2.07. The van der Waals surface area contributed by atoms with Crippen LogP contribution in [-0.4, -0.2) is 8.42 Å². The zero-order valence-electron chi connectivity index (χ0n) is 9.98. The summed E-state index contributed by atoms with van der Waals surface area (Å²) in [6.45, 7) is 2.18. The van der Waals surface area contributed by atoms with Gasteiger partial charge >= 0.3 is 0 Å². The fourth-order valence-electron chi connectivity index (χ4n) is 1.52. The first-order valence-electron chi connectivity index (χ1n) is 5.38. The minimum Gasteiger partial charge on any atom is -0.207 e. The van der Waals surface area contributed by atoms with Crippen molar-refractivity contribution in [1.29, 1.82) is 0 Å². The number of thiophene rings is 1. The molecule has 0 aliphatic carbocycles. The van der Waals surface area contributed by atoms with Gasteiger partial charge in [-0.15, -0.1) is 11.3 Å². The lowest BCUT2D eigenvalue weighted by Crippen LogP contribution is -2.23. The second kappa shape index (κ2) is 5.70. The maximum Gasteiger partial charge on any atom is 0.242 e. The second-order valence-corrected chi connectivity index (χ2v) is 7.87. The Hall–Kier alpha value is -0.760. The van der Waals surface area contributed by atoms with Crippen LogP contribution in [0, 0.1) is 12.7 Å². The number of hydrogen-bond acceptors (Lipinski definition) is 3. The lowest BCUT2D eigenvalue weighted by molar-refractivity contribution is 0.580. The largest absolute Gasteiger partial charge is 0.242 e. The molecule has 0 aliphatic heterocycles. The molecule has 1 aromatic heterocycles. The van der Waals surface area contributed by atoms with Crippen molar-refractivity contribution in [1.82, 2.24) is 4.72 Å². The van der Waals surface area contributed by atoms with Crippen molar-refractivity contribution in [2.75, 3.05) is 0 Å². The molecule has 3 nitrogen and oxygen atoms in total. The standard InChI is InChI=1S/C12H11BrFNO2S2/c1-8-2-4-10(18-8)7-15-19(16,17)12-5-3-9(14)6-11(12)13/h2-6,15H,7H2,1H3. The van der Waals surface area contributed by atoms with Crippen LogP contribution in [0.4, 0.5) is 4.39 Å². The molecule has 0 spiro atoms. The van der Waals surface area contributed by atoms with Gasteiger partial charge in [0.25, 0.3) is 0 Å². The number of sulfonamides is 1. The predicted octanol–water partition coefficient (Wildman–Crippen LogP) is 3.44. The van der Waals surface area contributed by atoms with Gasteiger partial charge in [0.15, 0.2) is 0 Å². The van der Waals surface area contributed by atoms with Crippen molar-refractivity contribution >= 4 is 37.3 Å². The van der Waals surface area contributed by atoms with Crippen LogP contribution >= 0.6 is 27.3 Å². The molecule has 0 fully saturated rings. The number of aryl methyl sites for hydroxylation is 1. The van der Waals surface area contributed by atoms with E-state index in [-0.39, 0.29) is 15.9 Å². The summed E-state index contributed by atoms with van der Waals surface area (Å²) in [6.07, 6.45) is 0. The summed E-state index contributed by atoms with van der Waals surface area (Å²) < 4.78 is 39.8. The summed E-state index contributed by atoms with van der Waals surface area (Å²) in [5.74, 6) is -0.486. The highest BCUT2D eigenvalue weighted by molar-refractivity contribution is 9.10. The van der Waals surface area contributed by atoms with E-state index in [1.807, 2.05) is 19.1 Å². The Labute approximate surface area is 123 Å². The third-order valence-electron chi connectivity index (χ3n) is 2.42. The van der Waals surface area contributed by atoms with E-state index >= 15 is 0 Å². The van der Waals surface area contributed by atoms with Crippen LogP contribution in [0.5, 0.6) is 0 Å². The van der Waals surface area contributed by atoms with Crippen molar-refractivity contribution in [3.63, 3.8) is 0 Å². The molecule has 0 saturated carbocycles. The zero-order valence-corrected chi connectivity index (χ0v) is 13.2. The molecule has 0 radical (unpaired) electrons. The molecule has 0 saturated heterocycles. The van der Waals surface area contributed by atoms with Gasteiger partial charge in [-0.3, -0.25) is 0 Å². The van der Waals surface area contributed by atoms with E-state index in [2.05, 4.69) is 20.7 Å². The van der Waals surface area contributed by atoms with Gasteiger partial charge in [0.1, 0.15) is 5.82 Å². The number of benzene rings is 1. The van der Waals surface area contributed by atoms with E-state index in [9.17, 15) is 12.8 Å². The Bertz CT molecular complexity index is 698. The highest BCUT2D eigenvalue weighted by atomic mass is 79.9. The van der Waals surface area contributed by atoms with Crippen LogP contribution in [0.15, 0.2) is 39.7 Å². The van der Waals surface area contributed by atoms with Crippen molar-refractivity contribution < 1.29 is 12.8 Å². The third-order valence-corrected chi connectivity index (χ3v) is 5.79. The zero-order chi connectivity index (χ0) is 14.0. The van der Waals surface area contributed by atoms with Gasteiger partial charge in [-0.25, -0.2) is 17.5 Å². The van der Waals surface area contributed by atoms with Crippen LogP contribution in [-0.2, 0) is 16.6 Å². The maximum absolute atomic E-state index is 12.9. The molecule has 102 valence electrons. The summed E-state index contributed by atoms with van der Waals surface area (Å²) in [4.78, 5) is 2.08. The number of rotatable bonds is 4.